The standard InChI is InChI=1S/C22H30F3N7/c1-14-10-20-30-21(28-17(14)13-32(20)15-4-2-3-5-15)29-19-11-16(22(23,24)25)18(12-27-19)31-8-6-26-7-9-31/h11-12,14-15,17,26H,2-10,13H2,1H3,(H,27,28,29)/t14-,17?/m0/s1. The maximum absolute atomic E-state index is 13.9. The number of hydrogen-bond donors (Lipinski definition) is 2. The first-order chi connectivity index (χ1) is 15.4. The first-order valence-electron chi connectivity index (χ1n) is 11.6. The van der Waals surface area contributed by atoms with E-state index in [2.05, 4.69) is 27.4 Å². The topological polar surface area (TPSA) is 68.1 Å². The lowest BCUT2D eigenvalue weighted by molar-refractivity contribution is -0.137. The molecule has 1 unspecified atom stereocenters. The zero-order valence-corrected chi connectivity index (χ0v) is 18.3. The van der Waals surface area contributed by atoms with Crippen LogP contribution in [0.4, 0.5) is 24.7 Å². The molecular weight excluding hydrogens is 419 g/mol. The first kappa shape index (κ1) is 21.5. The van der Waals surface area contributed by atoms with Gasteiger partial charge in [-0.1, -0.05) is 19.8 Å². The predicted octanol–water partition coefficient (Wildman–Crippen LogP) is 3.34. The van der Waals surface area contributed by atoms with E-state index in [4.69, 9.17) is 9.98 Å². The smallest absolute Gasteiger partial charge is 0.367 e. The van der Waals surface area contributed by atoms with Crippen LogP contribution >= 0.6 is 0 Å². The third-order valence-electron chi connectivity index (χ3n) is 7.05. The lowest BCUT2D eigenvalue weighted by Gasteiger charge is -2.39. The molecule has 1 aromatic heterocycles. The number of anilines is 2. The van der Waals surface area contributed by atoms with E-state index in [0.29, 0.717) is 44.1 Å². The van der Waals surface area contributed by atoms with Crippen LogP contribution in [0.5, 0.6) is 0 Å². The van der Waals surface area contributed by atoms with E-state index < -0.39 is 11.7 Å². The second-order valence-electron chi connectivity index (χ2n) is 9.27. The lowest BCUT2D eigenvalue weighted by Crippen LogP contribution is -2.49. The van der Waals surface area contributed by atoms with Crippen LogP contribution in [-0.4, -0.2) is 66.5 Å². The fourth-order valence-electron chi connectivity index (χ4n) is 5.27. The van der Waals surface area contributed by atoms with Crippen LogP contribution in [0.15, 0.2) is 22.2 Å². The number of piperazine rings is 1. The van der Waals surface area contributed by atoms with E-state index in [1.165, 1.54) is 31.9 Å². The fraction of sp³-hybridized carbons (Fsp3) is 0.682. The summed E-state index contributed by atoms with van der Waals surface area (Å²) in [5, 5.41) is 6.16. The van der Waals surface area contributed by atoms with Crippen molar-refractivity contribution in [1.82, 2.24) is 15.2 Å². The minimum atomic E-state index is -4.47. The second kappa shape index (κ2) is 8.53. The number of halogens is 3. The molecule has 5 aliphatic rings. The molecule has 10 heteroatoms. The van der Waals surface area contributed by atoms with E-state index in [1.54, 1.807) is 4.90 Å². The SMILES string of the molecule is C[C@H]1CC2=NC(Nc3cc(C(F)(F)F)c(N4CCNCC4)cn3)=NC1CN2C1CCCC1. The molecule has 0 aromatic carbocycles. The molecule has 3 fully saturated rings. The number of nitrogens with zero attached hydrogens (tertiary/aromatic N) is 5. The Bertz CT molecular complexity index is 901. The number of alkyl halides is 3. The Hall–Kier alpha value is -2.36. The summed E-state index contributed by atoms with van der Waals surface area (Å²) in [6.07, 6.45) is 2.53. The summed E-state index contributed by atoms with van der Waals surface area (Å²) in [5.41, 5.74) is -0.553. The summed E-state index contributed by atoms with van der Waals surface area (Å²) in [6.45, 7) is 5.36. The molecule has 7 nitrogen and oxygen atoms in total. The normalized spacial score (nSPS) is 26.8. The third-order valence-corrected chi connectivity index (χ3v) is 7.05. The van der Waals surface area contributed by atoms with Gasteiger partial charge >= 0.3 is 6.18 Å². The van der Waals surface area contributed by atoms with E-state index in [1.807, 2.05) is 0 Å². The molecule has 0 amide bonds. The molecule has 6 rings (SSSR count). The van der Waals surface area contributed by atoms with Crippen molar-refractivity contribution in [2.45, 2.75) is 57.3 Å². The van der Waals surface area contributed by atoms with Crippen molar-refractivity contribution in [3.63, 3.8) is 0 Å². The van der Waals surface area contributed by atoms with Gasteiger partial charge in [0.2, 0.25) is 5.96 Å². The van der Waals surface area contributed by atoms with Crippen molar-refractivity contribution >= 4 is 23.3 Å². The van der Waals surface area contributed by atoms with Gasteiger partial charge in [0, 0.05) is 45.2 Å². The van der Waals surface area contributed by atoms with Crippen LogP contribution in [0.3, 0.4) is 0 Å². The maximum Gasteiger partial charge on any atom is 0.418 e. The van der Waals surface area contributed by atoms with Crippen molar-refractivity contribution in [2.24, 2.45) is 15.9 Å². The monoisotopic (exact) mass is 449 g/mol. The van der Waals surface area contributed by atoms with Crippen LogP contribution in [-0.2, 0) is 6.18 Å². The highest BCUT2D eigenvalue weighted by Crippen LogP contribution is 2.38. The lowest BCUT2D eigenvalue weighted by atomic mass is 9.92. The predicted molar refractivity (Wildman–Crippen MR) is 119 cm³/mol. The minimum Gasteiger partial charge on any atom is -0.367 e. The summed E-state index contributed by atoms with van der Waals surface area (Å²) < 4.78 is 41.6. The van der Waals surface area contributed by atoms with Gasteiger partial charge in [0.1, 0.15) is 11.7 Å². The number of aliphatic imine (C=N–C) groups is 2. The van der Waals surface area contributed by atoms with Gasteiger partial charge in [-0.3, -0.25) is 0 Å². The number of aromatic nitrogens is 1. The van der Waals surface area contributed by atoms with Crippen molar-refractivity contribution in [1.29, 1.82) is 0 Å². The molecule has 5 heterocycles. The number of piperidine rings is 1. The van der Waals surface area contributed by atoms with Gasteiger partial charge in [-0.15, -0.1) is 0 Å². The molecule has 4 aliphatic heterocycles. The third kappa shape index (κ3) is 4.29. The van der Waals surface area contributed by atoms with Crippen LogP contribution in [0.25, 0.3) is 0 Å². The van der Waals surface area contributed by atoms with Gasteiger partial charge in [-0.2, -0.15) is 13.2 Å². The Labute approximate surface area is 186 Å². The Morgan fingerprint density at radius 2 is 1.91 bits per heavy atom. The average Bonchev–Trinajstić information content (AvgIpc) is 3.19. The molecule has 1 saturated carbocycles. The van der Waals surface area contributed by atoms with Gasteiger partial charge < -0.3 is 20.4 Å². The fourth-order valence-corrected chi connectivity index (χ4v) is 5.27. The highest BCUT2D eigenvalue weighted by Gasteiger charge is 2.38. The van der Waals surface area contributed by atoms with Crippen molar-refractivity contribution in [2.75, 3.05) is 42.9 Å². The summed E-state index contributed by atoms with van der Waals surface area (Å²) in [7, 11) is 0. The minimum absolute atomic E-state index is 0.0790. The number of guanidine groups is 1. The Morgan fingerprint density at radius 3 is 2.62 bits per heavy atom. The number of amidine groups is 1. The van der Waals surface area contributed by atoms with E-state index in [-0.39, 0.29) is 17.5 Å². The van der Waals surface area contributed by atoms with Crippen LogP contribution in [0.2, 0.25) is 0 Å². The quantitative estimate of drug-likeness (QED) is 0.741. The summed E-state index contributed by atoms with van der Waals surface area (Å²) >= 11 is 0. The Morgan fingerprint density at radius 1 is 1.16 bits per heavy atom. The van der Waals surface area contributed by atoms with E-state index in [9.17, 15) is 13.2 Å². The largest absolute Gasteiger partial charge is 0.418 e. The maximum atomic E-state index is 13.9. The number of fused-ring (bicyclic) bond motifs is 3. The zero-order chi connectivity index (χ0) is 22.3. The zero-order valence-electron chi connectivity index (χ0n) is 18.3. The van der Waals surface area contributed by atoms with Gasteiger partial charge in [0.25, 0.3) is 0 Å². The molecule has 2 N–H and O–H groups in total. The van der Waals surface area contributed by atoms with Crippen molar-refractivity contribution in [3.05, 3.63) is 17.8 Å². The summed E-state index contributed by atoms with van der Waals surface area (Å²) in [6, 6.07) is 1.67. The van der Waals surface area contributed by atoms with Gasteiger partial charge in [0.05, 0.1) is 23.5 Å². The molecule has 2 saturated heterocycles. The van der Waals surface area contributed by atoms with Gasteiger partial charge in [-0.25, -0.2) is 15.0 Å². The second-order valence-corrected chi connectivity index (χ2v) is 9.27. The molecular formula is C22H30F3N7. The molecule has 2 bridgehead atoms. The highest BCUT2D eigenvalue weighted by atomic mass is 19.4. The Kier molecular flexibility index (Phi) is 5.73. The molecule has 174 valence electrons. The first-order valence-corrected chi connectivity index (χ1v) is 11.6. The van der Waals surface area contributed by atoms with Gasteiger partial charge in [0.15, 0.2) is 0 Å². The molecule has 32 heavy (non-hydrogen) atoms. The van der Waals surface area contributed by atoms with Gasteiger partial charge in [-0.05, 0) is 24.8 Å². The molecule has 1 aliphatic carbocycles. The molecule has 2 atom stereocenters. The van der Waals surface area contributed by atoms with Crippen LogP contribution < -0.4 is 15.5 Å². The summed E-state index contributed by atoms with van der Waals surface area (Å²) in [4.78, 5) is 18.0. The average molecular weight is 450 g/mol. The molecule has 1 aromatic rings. The van der Waals surface area contributed by atoms with E-state index >= 15 is 0 Å². The summed E-state index contributed by atoms with van der Waals surface area (Å²) in [5.74, 6) is 1.85. The number of nitrogens with one attached hydrogen (secondary N) is 2. The number of hydrogen-bond acceptors (Lipinski definition) is 7. The van der Waals surface area contributed by atoms with Crippen LogP contribution in [0.1, 0.15) is 44.6 Å². The molecule has 0 radical (unpaired) electrons. The number of pyridine rings is 1. The molecule has 0 spiro atoms. The Balaban J connectivity index is 1.41. The van der Waals surface area contributed by atoms with E-state index in [0.717, 1.165) is 24.9 Å². The number of rotatable bonds is 3. The van der Waals surface area contributed by atoms with Crippen molar-refractivity contribution < 1.29 is 13.2 Å². The van der Waals surface area contributed by atoms with Crippen molar-refractivity contribution in [3.8, 4) is 0 Å². The van der Waals surface area contributed by atoms with Crippen LogP contribution in [0, 0.1) is 5.92 Å². The highest BCUT2D eigenvalue weighted by molar-refractivity contribution is 6.04.